The van der Waals surface area contributed by atoms with E-state index in [2.05, 4.69) is 4.98 Å². The Morgan fingerprint density at radius 2 is 2.27 bits per heavy atom. The average Bonchev–Trinajstić information content (AvgIpc) is 2.52. The summed E-state index contributed by atoms with van der Waals surface area (Å²) in [5, 5.41) is 0. The van der Waals surface area contributed by atoms with Gasteiger partial charge in [-0.3, -0.25) is 9.78 Å². The molecule has 120 valence electrons. The van der Waals surface area contributed by atoms with Crippen molar-refractivity contribution in [1.29, 1.82) is 0 Å². The molecule has 5 nitrogen and oxygen atoms in total. The van der Waals surface area contributed by atoms with Crippen LogP contribution in [0.25, 0.3) is 0 Å². The molecule has 3 rings (SSSR count). The van der Waals surface area contributed by atoms with Crippen molar-refractivity contribution >= 4 is 17.7 Å². The summed E-state index contributed by atoms with van der Waals surface area (Å²) in [6.45, 7) is 2.74. The van der Waals surface area contributed by atoms with E-state index in [1.165, 1.54) is 0 Å². The fourth-order valence-electron chi connectivity index (χ4n) is 3.08. The van der Waals surface area contributed by atoms with E-state index in [4.69, 9.17) is 9.47 Å². The first-order chi connectivity index (χ1) is 10.7. The summed E-state index contributed by atoms with van der Waals surface area (Å²) in [7, 11) is 0. The minimum absolute atomic E-state index is 0.171. The van der Waals surface area contributed by atoms with Gasteiger partial charge in [0, 0.05) is 25.4 Å². The number of rotatable bonds is 5. The Hall–Kier alpha value is -1.11. The number of thioether (sulfide) groups is 1. The fraction of sp³-hybridized carbons (Fsp3) is 0.625. The van der Waals surface area contributed by atoms with Gasteiger partial charge in [0.2, 0.25) is 5.91 Å². The van der Waals surface area contributed by atoms with Crippen LogP contribution in [-0.4, -0.2) is 59.2 Å². The van der Waals surface area contributed by atoms with Gasteiger partial charge < -0.3 is 14.4 Å². The van der Waals surface area contributed by atoms with Gasteiger partial charge in [0.15, 0.2) is 0 Å². The van der Waals surface area contributed by atoms with Gasteiger partial charge in [-0.05, 0) is 30.4 Å². The molecule has 1 amide bonds. The minimum Gasteiger partial charge on any atom is -0.373 e. The van der Waals surface area contributed by atoms with Crippen LogP contribution in [0.5, 0.6) is 0 Å². The predicted octanol–water partition coefficient (Wildman–Crippen LogP) is 1.72. The van der Waals surface area contributed by atoms with Gasteiger partial charge in [-0.15, -0.1) is 0 Å². The Balaban J connectivity index is 1.47. The van der Waals surface area contributed by atoms with Crippen LogP contribution in [0.2, 0.25) is 0 Å². The Labute approximate surface area is 135 Å². The molecule has 0 N–H and O–H groups in total. The van der Waals surface area contributed by atoms with Crippen molar-refractivity contribution in [3.8, 4) is 0 Å². The molecular weight excluding hydrogens is 300 g/mol. The first-order valence-electron chi connectivity index (χ1n) is 7.62. The highest BCUT2D eigenvalue weighted by Crippen LogP contribution is 2.35. The molecule has 1 atom stereocenters. The van der Waals surface area contributed by atoms with Crippen LogP contribution >= 0.6 is 11.8 Å². The van der Waals surface area contributed by atoms with Gasteiger partial charge in [0.25, 0.3) is 0 Å². The molecule has 1 aromatic rings. The quantitative estimate of drug-likeness (QED) is 0.826. The maximum Gasteiger partial charge on any atom is 0.232 e. The van der Waals surface area contributed by atoms with E-state index in [9.17, 15) is 4.79 Å². The SMILES string of the molecule is CSCC(=O)N1CC2(C[C@H](OCc3ccncc3)CCO2)C1. The Morgan fingerprint density at radius 3 is 3.00 bits per heavy atom. The average molecular weight is 322 g/mol. The molecule has 6 heteroatoms. The Bertz CT molecular complexity index is 505. The number of amides is 1. The molecule has 22 heavy (non-hydrogen) atoms. The second-order valence-corrected chi connectivity index (χ2v) is 6.86. The zero-order valence-electron chi connectivity index (χ0n) is 12.9. The molecule has 0 unspecified atom stereocenters. The molecule has 1 aromatic heterocycles. The first kappa shape index (κ1) is 15.8. The lowest BCUT2D eigenvalue weighted by Crippen LogP contribution is -2.67. The number of ether oxygens (including phenoxy) is 2. The third kappa shape index (κ3) is 3.62. The standard InChI is InChI=1S/C16H22N2O3S/c1-22-10-15(19)18-11-16(12-18)8-14(4-7-21-16)20-9-13-2-5-17-6-3-13/h2-3,5-6,14H,4,7-12H2,1H3/t14-/m1/s1. The summed E-state index contributed by atoms with van der Waals surface area (Å²) < 4.78 is 12.0. The molecule has 2 saturated heterocycles. The highest BCUT2D eigenvalue weighted by atomic mass is 32.2. The molecule has 0 aromatic carbocycles. The lowest BCUT2D eigenvalue weighted by atomic mass is 9.84. The van der Waals surface area contributed by atoms with E-state index in [-0.39, 0.29) is 17.6 Å². The normalized spacial score (nSPS) is 23.3. The second kappa shape index (κ2) is 6.98. The van der Waals surface area contributed by atoms with Crippen molar-refractivity contribution in [2.75, 3.05) is 31.7 Å². The van der Waals surface area contributed by atoms with Gasteiger partial charge in [0.05, 0.1) is 31.6 Å². The zero-order chi connectivity index (χ0) is 15.4. The van der Waals surface area contributed by atoms with Crippen LogP contribution in [0.3, 0.4) is 0 Å². The van der Waals surface area contributed by atoms with E-state index in [1.54, 1.807) is 24.2 Å². The van der Waals surface area contributed by atoms with Gasteiger partial charge in [0.1, 0.15) is 5.60 Å². The smallest absolute Gasteiger partial charge is 0.232 e. The van der Waals surface area contributed by atoms with E-state index in [0.29, 0.717) is 32.1 Å². The Kier molecular flexibility index (Phi) is 5.00. The summed E-state index contributed by atoms with van der Waals surface area (Å²) in [6.07, 6.45) is 7.52. The lowest BCUT2D eigenvalue weighted by Gasteiger charge is -2.53. The van der Waals surface area contributed by atoms with Crippen molar-refractivity contribution in [2.45, 2.75) is 31.2 Å². The van der Waals surface area contributed by atoms with E-state index in [1.807, 2.05) is 23.3 Å². The summed E-state index contributed by atoms with van der Waals surface area (Å²) in [4.78, 5) is 17.8. The number of aromatic nitrogens is 1. The highest BCUT2D eigenvalue weighted by molar-refractivity contribution is 7.99. The molecule has 1 spiro atoms. The molecule has 3 heterocycles. The summed E-state index contributed by atoms with van der Waals surface area (Å²) in [5.41, 5.74) is 0.968. The molecule has 2 aliphatic heterocycles. The molecule has 0 bridgehead atoms. The third-order valence-electron chi connectivity index (χ3n) is 4.26. The molecule has 0 saturated carbocycles. The third-order valence-corrected chi connectivity index (χ3v) is 4.80. The van der Waals surface area contributed by atoms with Gasteiger partial charge in [-0.1, -0.05) is 0 Å². The Morgan fingerprint density at radius 1 is 1.50 bits per heavy atom. The van der Waals surface area contributed by atoms with Gasteiger partial charge >= 0.3 is 0 Å². The lowest BCUT2D eigenvalue weighted by molar-refractivity contribution is -0.201. The largest absolute Gasteiger partial charge is 0.373 e. The zero-order valence-corrected chi connectivity index (χ0v) is 13.7. The number of likely N-dealkylation sites (tertiary alicyclic amines) is 1. The minimum atomic E-state index is -0.171. The monoisotopic (exact) mass is 322 g/mol. The second-order valence-electron chi connectivity index (χ2n) is 6.00. The molecule has 2 fully saturated rings. The first-order valence-corrected chi connectivity index (χ1v) is 9.01. The van der Waals surface area contributed by atoms with Gasteiger partial charge in [-0.2, -0.15) is 11.8 Å². The molecular formula is C16H22N2O3S. The van der Waals surface area contributed by atoms with Gasteiger partial charge in [-0.25, -0.2) is 0 Å². The number of hydrogen-bond donors (Lipinski definition) is 0. The maximum absolute atomic E-state index is 11.9. The number of hydrogen-bond acceptors (Lipinski definition) is 5. The summed E-state index contributed by atoms with van der Waals surface area (Å²) >= 11 is 1.57. The van der Waals surface area contributed by atoms with Crippen LogP contribution in [0, 0.1) is 0 Å². The number of pyridine rings is 1. The van der Waals surface area contributed by atoms with E-state index in [0.717, 1.165) is 18.4 Å². The van der Waals surface area contributed by atoms with Crippen molar-refractivity contribution in [3.63, 3.8) is 0 Å². The van der Waals surface area contributed by atoms with Crippen molar-refractivity contribution in [3.05, 3.63) is 30.1 Å². The number of nitrogens with zero attached hydrogens (tertiary/aromatic N) is 2. The van der Waals surface area contributed by atoms with Crippen LogP contribution in [0.4, 0.5) is 0 Å². The fourth-order valence-corrected chi connectivity index (χ4v) is 3.51. The predicted molar refractivity (Wildman–Crippen MR) is 85.7 cm³/mol. The number of carbonyl (C=O) groups excluding carboxylic acids is 1. The van der Waals surface area contributed by atoms with Crippen LogP contribution in [0.15, 0.2) is 24.5 Å². The van der Waals surface area contributed by atoms with E-state index >= 15 is 0 Å². The van der Waals surface area contributed by atoms with Crippen molar-refractivity contribution in [2.24, 2.45) is 0 Å². The number of carbonyl (C=O) groups is 1. The molecule has 0 radical (unpaired) electrons. The maximum atomic E-state index is 11.9. The molecule has 2 aliphatic rings. The van der Waals surface area contributed by atoms with Crippen molar-refractivity contribution in [1.82, 2.24) is 9.88 Å². The summed E-state index contributed by atoms with van der Waals surface area (Å²) in [5.74, 6) is 0.763. The van der Waals surface area contributed by atoms with E-state index < -0.39 is 0 Å². The van der Waals surface area contributed by atoms with Crippen molar-refractivity contribution < 1.29 is 14.3 Å². The van der Waals surface area contributed by atoms with Crippen LogP contribution in [0.1, 0.15) is 18.4 Å². The highest BCUT2D eigenvalue weighted by Gasteiger charge is 2.49. The topological polar surface area (TPSA) is 51.7 Å². The van der Waals surface area contributed by atoms with Crippen LogP contribution < -0.4 is 0 Å². The summed E-state index contributed by atoms with van der Waals surface area (Å²) in [6, 6.07) is 3.95. The van der Waals surface area contributed by atoms with Crippen LogP contribution in [-0.2, 0) is 20.9 Å². The molecule has 0 aliphatic carbocycles.